The predicted octanol–water partition coefficient (Wildman–Crippen LogP) is 1.44. The van der Waals surface area contributed by atoms with Crippen LogP contribution in [0.2, 0.25) is 0 Å². The van der Waals surface area contributed by atoms with Gasteiger partial charge in [0.05, 0.1) is 0 Å². The van der Waals surface area contributed by atoms with Crippen molar-refractivity contribution < 1.29 is 8.42 Å². The molecule has 1 aliphatic rings. The molecule has 1 atom stereocenters. The summed E-state index contributed by atoms with van der Waals surface area (Å²) in [5, 5.41) is 0. The number of rotatable bonds is 3. The molecular formula is C14H16N4O2S. The van der Waals surface area contributed by atoms with E-state index in [0.717, 1.165) is 18.5 Å². The molecule has 0 amide bonds. The number of pyridine rings is 1. The highest BCUT2D eigenvalue weighted by atomic mass is 32.2. The van der Waals surface area contributed by atoms with E-state index in [9.17, 15) is 8.42 Å². The third kappa shape index (κ3) is 2.93. The Kier molecular flexibility index (Phi) is 3.94. The summed E-state index contributed by atoms with van der Waals surface area (Å²) >= 11 is 0. The third-order valence-corrected chi connectivity index (χ3v) is 5.53. The van der Waals surface area contributed by atoms with Gasteiger partial charge in [0.25, 0.3) is 0 Å². The van der Waals surface area contributed by atoms with E-state index in [2.05, 4.69) is 15.0 Å². The highest BCUT2D eigenvalue weighted by molar-refractivity contribution is 7.89. The van der Waals surface area contributed by atoms with Gasteiger partial charge in [-0.25, -0.2) is 18.4 Å². The minimum absolute atomic E-state index is 0.119. The molecule has 0 saturated carbocycles. The van der Waals surface area contributed by atoms with Crippen LogP contribution in [0.4, 0.5) is 0 Å². The first-order valence-corrected chi connectivity index (χ1v) is 8.28. The summed E-state index contributed by atoms with van der Waals surface area (Å²) in [7, 11) is -3.48. The smallest absolute Gasteiger partial charge is 0.244 e. The summed E-state index contributed by atoms with van der Waals surface area (Å²) in [6.45, 7) is 0.993. The average molecular weight is 304 g/mol. The minimum Gasteiger partial charge on any atom is -0.263 e. The summed E-state index contributed by atoms with van der Waals surface area (Å²) in [6.07, 6.45) is 7.92. The summed E-state index contributed by atoms with van der Waals surface area (Å²) in [6, 6.07) is 5.07. The molecule has 3 rings (SSSR count). The summed E-state index contributed by atoms with van der Waals surface area (Å²) in [4.78, 5) is 12.3. The van der Waals surface area contributed by atoms with Gasteiger partial charge in [-0.2, -0.15) is 4.31 Å². The Hall–Kier alpha value is -1.86. The zero-order valence-electron chi connectivity index (χ0n) is 11.5. The van der Waals surface area contributed by atoms with Gasteiger partial charge < -0.3 is 0 Å². The SMILES string of the molecule is O=S(=O)(c1cccnc1)N1CCC[C@H](c2ccncn2)C1. The van der Waals surface area contributed by atoms with E-state index in [1.54, 1.807) is 24.5 Å². The van der Waals surface area contributed by atoms with E-state index >= 15 is 0 Å². The second-order valence-electron chi connectivity index (χ2n) is 5.03. The van der Waals surface area contributed by atoms with Crippen LogP contribution < -0.4 is 0 Å². The molecule has 7 heteroatoms. The summed E-state index contributed by atoms with van der Waals surface area (Å²) in [5.41, 5.74) is 0.899. The van der Waals surface area contributed by atoms with E-state index in [1.807, 2.05) is 6.07 Å². The number of hydrogen-bond acceptors (Lipinski definition) is 5. The van der Waals surface area contributed by atoms with Gasteiger partial charge in [-0.1, -0.05) is 0 Å². The Morgan fingerprint density at radius 2 is 2.10 bits per heavy atom. The predicted molar refractivity (Wildman–Crippen MR) is 77.0 cm³/mol. The first-order valence-electron chi connectivity index (χ1n) is 6.84. The molecule has 110 valence electrons. The Bertz CT molecular complexity index is 691. The Morgan fingerprint density at radius 1 is 1.19 bits per heavy atom. The first kappa shape index (κ1) is 14.1. The van der Waals surface area contributed by atoms with Crippen LogP contribution >= 0.6 is 0 Å². The molecule has 6 nitrogen and oxygen atoms in total. The maximum absolute atomic E-state index is 12.6. The topological polar surface area (TPSA) is 76.1 Å². The van der Waals surface area contributed by atoms with Crippen molar-refractivity contribution in [2.45, 2.75) is 23.7 Å². The molecule has 1 aliphatic heterocycles. The molecule has 2 aromatic rings. The van der Waals surface area contributed by atoms with Gasteiger partial charge in [-0.3, -0.25) is 4.98 Å². The quantitative estimate of drug-likeness (QED) is 0.857. The normalized spacial score (nSPS) is 20.3. The molecule has 3 heterocycles. The Labute approximate surface area is 123 Å². The molecule has 21 heavy (non-hydrogen) atoms. The second kappa shape index (κ2) is 5.87. The molecule has 0 bridgehead atoms. The average Bonchev–Trinajstić information content (AvgIpc) is 2.57. The van der Waals surface area contributed by atoms with E-state index in [0.29, 0.717) is 13.1 Å². The number of hydrogen-bond donors (Lipinski definition) is 0. The number of nitrogens with zero attached hydrogens (tertiary/aromatic N) is 4. The van der Waals surface area contributed by atoms with Crippen LogP contribution in [-0.2, 0) is 10.0 Å². The van der Waals surface area contributed by atoms with E-state index in [-0.39, 0.29) is 10.8 Å². The van der Waals surface area contributed by atoms with E-state index in [1.165, 1.54) is 16.8 Å². The van der Waals surface area contributed by atoms with Gasteiger partial charge in [-0.15, -0.1) is 0 Å². The number of aromatic nitrogens is 3. The molecular weight excluding hydrogens is 288 g/mol. The van der Waals surface area contributed by atoms with Crippen molar-refractivity contribution in [1.29, 1.82) is 0 Å². The Balaban J connectivity index is 1.84. The van der Waals surface area contributed by atoms with Crippen LogP contribution in [0, 0.1) is 0 Å². The van der Waals surface area contributed by atoms with Crippen molar-refractivity contribution in [3.63, 3.8) is 0 Å². The molecule has 0 unspecified atom stereocenters. The van der Waals surface area contributed by atoms with Gasteiger partial charge in [0.1, 0.15) is 11.2 Å². The van der Waals surface area contributed by atoms with Crippen LogP contribution in [0.1, 0.15) is 24.5 Å². The van der Waals surface area contributed by atoms with Gasteiger partial charge >= 0.3 is 0 Å². The summed E-state index contributed by atoms with van der Waals surface area (Å²) in [5.74, 6) is 0.119. The van der Waals surface area contributed by atoms with Crippen molar-refractivity contribution in [3.05, 3.63) is 48.8 Å². The lowest BCUT2D eigenvalue weighted by atomic mass is 9.96. The van der Waals surface area contributed by atoms with Crippen molar-refractivity contribution >= 4 is 10.0 Å². The minimum atomic E-state index is -3.48. The van der Waals surface area contributed by atoms with Crippen LogP contribution in [0.3, 0.4) is 0 Å². The molecule has 1 saturated heterocycles. The molecule has 0 aromatic carbocycles. The maximum Gasteiger partial charge on any atom is 0.244 e. The number of piperidine rings is 1. The van der Waals surface area contributed by atoms with Crippen molar-refractivity contribution in [2.75, 3.05) is 13.1 Å². The third-order valence-electron chi connectivity index (χ3n) is 3.68. The lowest BCUT2D eigenvalue weighted by Crippen LogP contribution is -2.39. The van der Waals surface area contributed by atoms with Crippen molar-refractivity contribution in [3.8, 4) is 0 Å². The fourth-order valence-corrected chi connectivity index (χ4v) is 4.08. The van der Waals surface area contributed by atoms with E-state index in [4.69, 9.17) is 0 Å². The highest BCUT2D eigenvalue weighted by Gasteiger charge is 2.31. The first-order chi connectivity index (χ1) is 10.2. The standard InChI is InChI=1S/C14H16N4O2S/c19-21(20,13-4-1-6-15-9-13)18-8-2-3-12(10-18)14-5-7-16-11-17-14/h1,4-7,9,11-12H,2-3,8,10H2/t12-/m0/s1. The maximum atomic E-state index is 12.6. The van der Waals surface area contributed by atoms with Crippen LogP contribution in [0.5, 0.6) is 0 Å². The second-order valence-corrected chi connectivity index (χ2v) is 6.96. The van der Waals surface area contributed by atoms with Crippen LogP contribution in [-0.4, -0.2) is 40.8 Å². The zero-order valence-corrected chi connectivity index (χ0v) is 12.3. The lowest BCUT2D eigenvalue weighted by molar-refractivity contribution is 0.312. The largest absolute Gasteiger partial charge is 0.263 e. The molecule has 0 spiro atoms. The zero-order chi connectivity index (χ0) is 14.7. The lowest BCUT2D eigenvalue weighted by Gasteiger charge is -2.31. The number of sulfonamides is 1. The highest BCUT2D eigenvalue weighted by Crippen LogP contribution is 2.28. The molecule has 0 radical (unpaired) electrons. The van der Waals surface area contributed by atoms with E-state index < -0.39 is 10.0 Å². The molecule has 0 aliphatic carbocycles. The van der Waals surface area contributed by atoms with Crippen molar-refractivity contribution in [1.82, 2.24) is 19.3 Å². The van der Waals surface area contributed by atoms with Crippen LogP contribution in [0.15, 0.2) is 48.0 Å². The summed E-state index contributed by atoms with van der Waals surface area (Å²) < 4.78 is 26.8. The van der Waals surface area contributed by atoms with Crippen molar-refractivity contribution in [2.24, 2.45) is 0 Å². The van der Waals surface area contributed by atoms with Gasteiger partial charge in [0.2, 0.25) is 10.0 Å². The van der Waals surface area contributed by atoms with Gasteiger partial charge in [0, 0.05) is 43.3 Å². The Morgan fingerprint density at radius 3 is 2.81 bits per heavy atom. The fraction of sp³-hybridized carbons (Fsp3) is 0.357. The molecule has 0 N–H and O–H groups in total. The van der Waals surface area contributed by atoms with Gasteiger partial charge in [0.15, 0.2) is 0 Å². The van der Waals surface area contributed by atoms with Gasteiger partial charge in [-0.05, 0) is 31.0 Å². The monoisotopic (exact) mass is 304 g/mol. The van der Waals surface area contributed by atoms with Crippen LogP contribution in [0.25, 0.3) is 0 Å². The molecule has 2 aromatic heterocycles. The fourth-order valence-electron chi connectivity index (χ4n) is 2.59. The molecule has 1 fully saturated rings.